The molecule has 2 aromatic rings. The van der Waals surface area contributed by atoms with E-state index in [2.05, 4.69) is 4.90 Å². The lowest BCUT2D eigenvalue weighted by molar-refractivity contribution is -0.124. The molecule has 0 radical (unpaired) electrons. The van der Waals surface area contributed by atoms with Gasteiger partial charge >= 0.3 is 0 Å². The first kappa shape index (κ1) is 21.2. The number of fused-ring (bicyclic) bond motifs is 1. The number of halogens is 1. The molecule has 1 unspecified atom stereocenters. The number of hydroxylamine groups is 1. The Morgan fingerprint density at radius 3 is 2.77 bits per heavy atom. The molecule has 2 aliphatic rings. The zero-order chi connectivity index (χ0) is 21.8. The summed E-state index contributed by atoms with van der Waals surface area (Å²) in [6.07, 6.45) is 5.52. The summed E-state index contributed by atoms with van der Waals surface area (Å²) in [4.78, 5) is 26.4. The quantitative estimate of drug-likeness (QED) is 0.444. The molecule has 0 aromatic heterocycles. The highest BCUT2D eigenvalue weighted by Crippen LogP contribution is 2.40. The molecular weight excluding hydrogens is 399 g/mol. The lowest BCUT2D eigenvalue weighted by Crippen LogP contribution is -2.42. The van der Waals surface area contributed by atoms with Crippen molar-refractivity contribution in [3.63, 3.8) is 0 Å². The standard InChI is InChI=1S/C24H25FN2O4/c25-19-6-2-18(3-7-19)16-27-12-1-10-24(11-13-27)15-21(28)20-14-17(4-8-22(20)31-24)5-9-23(29)26-30/h2-9,14,30H,1,10-13,15-16H2,(H,26,29)/b9-5+. The fourth-order valence-electron chi connectivity index (χ4n) is 4.33. The molecule has 162 valence electrons. The molecule has 1 spiro atoms. The average molecular weight is 424 g/mol. The maximum absolute atomic E-state index is 13.2. The molecule has 31 heavy (non-hydrogen) atoms. The van der Waals surface area contributed by atoms with Crippen molar-refractivity contribution in [2.75, 3.05) is 13.1 Å². The van der Waals surface area contributed by atoms with Crippen LogP contribution in [0.1, 0.15) is 47.2 Å². The van der Waals surface area contributed by atoms with Crippen molar-refractivity contribution < 1.29 is 23.9 Å². The van der Waals surface area contributed by atoms with E-state index in [9.17, 15) is 14.0 Å². The molecule has 6 nitrogen and oxygen atoms in total. The summed E-state index contributed by atoms with van der Waals surface area (Å²) < 4.78 is 19.5. The second kappa shape index (κ2) is 8.99. The van der Waals surface area contributed by atoms with Crippen LogP contribution >= 0.6 is 0 Å². The van der Waals surface area contributed by atoms with Crippen molar-refractivity contribution in [1.29, 1.82) is 0 Å². The minimum absolute atomic E-state index is 0.0371. The molecule has 1 amide bonds. The number of nitrogens with zero attached hydrogens (tertiary/aromatic N) is 1. The Morgan fingerprint density at radius 1 is 1.19 bits per heavy atom. The molecule has 2 aliphatic heterocycles. The number of amides is 1. The van der Waals surface area contributed by atoms with Crippen LogP contribution in [0.2, 0.25) is 0 Å². The van der Waals surface area contributed by atoms with Gasteiger partial charge in [0.1, 0.15) is 17.2 Å². The predicted molar refractivity (Wildman–Crippen MR) is 113 cm³/mol. The van der Waals surface area contributed by atoms with Crippen LogP contribution < -0.4 is 10.2 Å². The van der Waals surface area contributed by atoms with E-state index in [1.165, 1.54) is 29.8 Å². The van der Waals surface area contributed by atoms with Gasteiger partial charge in [-0.15, -0.1) is 0 Å². The van der Waals surface area contributed by atoms with E-state index in [1.807, 2.05) is 12.1 Å². The summed E-state index contributed by atoms with van der Waals surface area (Å²) in [7, 11) is 0. The van der Waals surface area contributed by atoms with Crippen LogP contribution in [0.15, 0.2) is 48.5 Å². The molecule has 7 heteroatoms. The Hall–Kier alpha value is -3.03. The summed E-state index contributed by atoms with van der Waals surface area (Å²) >= 11 is 0. The molecule has 0 saturated carbocycles. The number of carbonyl (C=O) groups is 2. The van der Waals surface area contributed by atoms with Gasteiger partial charge in [-0.25, -0.2) is 9.87 Å². The Labute approximate surface area is 180 Å². The van der Waals surface area contributed by atoms with Gasteiger partial charge in [0.25, 0.3) is 5.91 Å². The van der Waals surface area contributed by atoms with Gasteiger partial charge in [-0.1, -0.05) is 18.2 Å². The number of ketones is 1. The summed E-state index contributed by atoms with van der Waals surface area (Å²) in [6.45, 7) is 2.45. The van der Waals surface area contributed by atoms with Crippen LogP contribution in [0.25, 0.3) is 6.08 Å². The first-order chi connectivity index (χ1) is 15.0. The van der Waals surface area contributed by atoms with Crippen LogP contribution in [0.4, 0.5) is 4.39 Å². The topological polar surface area (TPSA) is 78.9 Å². The lowest BCUT2D eigenvalue weighted by atomic mass is 9.84. The molecule has 2 heterocycles. The summed E-state index contributed by atoms with van der Waals surface area (Å²) in [6, 6.07) is 11.8. The number of nitrogens with one attached hydrogen (secondary N) is 1. The maximum atomic E-state index is 13.2. The Bertz CT molecular complexity index is 1010. The highest BCUT2D eigenvalue weighted by atomic mass is 19.1. The third kappa shape index (κ3) is 5.00. The van der Waals surface area contributed by atoms with Crippen LogP contribution in [0, 0.1) is 5.82 Å². The normalized spacial score (nSPS) is 21.5. The SMILES string of the molecule is O=C(/C=C/c1ccc2c(c1)C(=O)CC1(CCCN(Cc3ccc(F)cc3)CC1)O2)NO. The van der Waals surface area contributed by atoms with E-state index in [-0.39, 0.29) is 11.6 Å². The van der Waals surface area contributed by atoms with Crippen LogP contribution in [-0.2, 0) is 11.3 Å². The number of hydrogen-bond acceptors (Lipinski definition) is 5. The van der Waals surface area contributed by atoms with E-state index >= 15 is 0 Å². The van der Waals surface area contributed by atoms with E-state index in [4.69, 9.17) is 9.94 Å². The van der Waals surface area contributed by atoms with Crippen molar-refractivity contribution in [3.05, 3.63) is 71.0 Å². The monoisotopic (exact) mass is 424 g/mol. The molecular formula is C24H25FN2O4. The van der Waals surface area contributed by atoms with Gasteiger partial charge in [0.05, 0.1) is 12.0 Å². The first-order valence-corrected chi connectivity index (χ1v) is 10.4. The maximum Gasteiger partial charge on any atom is 0.267 e. The number of rotatable bonds is 4. The Morgan fingerprint density at radius 2 is 2.00 bits per heavy atom. The van der Waals surface area contributed by atoms with Crippen molar-refractivity contribution in [2.45, 2.75) is 37.8 Å². The first-order valence-electron chi connectivity index (χ1n) is 10.4. The lowest BCUT2D eigenvalue weighted by Gasteiger charge is -2.37. The van der Waals surface area contributed by atoms with Gasteiger partial charge in [-0.05, 0) is 60.9 Å². The molecule has 0 bridgehead atoms. The van der Waals surface area contributed by atoms with Gasteiger partial charge < -0.3 is 4.74 Å². The molecule has 1 atom stereocenters. The highest BCUT2D eigenvalue weighted by molar-refractivity contribution is 6.01. The smallest absolute Gasteiger partial charge is 0.267 e. The molecule has 4 rings (SSSR count). The van der Waals surface area contributed by atoms with E-state index < -0.39 is 11.5 Å². The summed E-state index contributed by atoms with van der Waals surface area (Å²) in [5.41, 5.74) is 3.30. The number of likely N-dealkylation sites (tertiary alicyclic amines) is 1. The molecule has 2 N–H and O–H groups in total. The zero-order valence-electron chi connectivity index (χ0n) is 17.1. The third-order valence-corrected chi connectivity index (χ3v) is 5.96. The number of hydrogen-bond donors (Lipinski definition) is 2. The van der Waals surface area contributed by atoms with E-state index in [0.29, 0.717) is 23.3 Å². The minimum Gasteiger partial charge on any atom is -0.486 e. The van der Waals surface area contributed by atoms with Crippen molar-refractivity contribution in [3.8, 4) is 5.75 Å². The number of benzene rings is 2. The predicted octanol–water partition coefficient (Wildman–Crippen LogP) is 3.73. The minimum atomic E-state index is -0.636. The average Bonchev–Trinajstić information content (AvgIpc) is 2.96. The Kier molecular flexibility index (Phi) is 6.15. The summed E-state index contributed by atoms with van der Waals surface area (Å²) in [5, 5.41) is 8.58. The third-order valence-electron chi connectivity index (χ3n) is 5.96. The molecule has 0 aliphatic carbocycles. The van der Waals surface area contributed by atoms with Crippen molar-refractivity contribution in [2.24, 2.45) is 0 Å². The number of Topliss-reactive ketones (excluding diaryl/α,β-unsaturated/α-hetero) is 1. The second-order valence-corrected chi connectivity index (χ2v) is 8.21. The second-order valence-electron chi connectivity index (χ2n) is 8.21. The zero-order valence-corrected chi connectivity index (χ0v) is 17.1. The fourth-order valence-corrected chi connectivity index (χ4v) is 4.33. The van der Waals surface area contributed by atoms with Gasteiger partial charge in [-0.2, -0.15) is 0 Å². The molecule has 1 fully saturated rings. The van der Waals surface area contributed by atoms with Crippen LogP contribution in [0.5, 0.6) is 5.75 Å². The van der Waals surface area contributed by atoms with Crippen molar-refractivity contribution >= 4 is 17.8 Å². The van der Waals surface area contributed by atoms with Gasteiger partial charge in [-0.3, -0.25) is 19.7 Å². The molecule has 2 aromatic carbocycles. The largest absolute Gasteiger partial charge is 0.486 e. The van der Waals surface area contributed by atoms with Gasteiger partial charge in [0.15, 0.2) is 5.78 Å². The van der Waals surface area contributed by atoms with E-state index in [0.717, 1.165) is 44.5 Å². The van der Waals surface area contributed by atoms with E-state index in [1.54, 1.807) is 18.2 Å². The van der Waals surface area contributed by atoms with Crippen LogP contribution in [-0.4, -0.2) is 40.5 Å². The summed E-state index contributed by atoms with van der Waals surface area (Å²) in [5.74, 6) is -0.258. The Balaban J connectivity index is 1.45. The molecule has 1 saturated heterocycles. The highest BCUT2D eigenvalue weighted by Gasteiger charge is 2.41. The van der Waals surface area contributed by atoms with Crippen molar-refractivity contribution in [1.82, 2.24) is 10.4 Å². The van der Waals surface area contributed by atoms with Gasteiger partial charge in [0, 0.05) is 25.6 Å². The van der Waals surface area contributed by atoms with Crippen LogP contribution in [0.3, 0.4) is 0 Å². The number of carbonyl (C=O) groups excluding carboxylic acids is 2. The fraction of sp³-hybridized carbons (Fsp3) is 0.333. The number of ether oxygens (including phenoxy) is 1. The van der Waals surface area contributed by atoms with Gasteiger partial charge in [0.2, 0.25) is 0 Å².